The largest absolute Gasteiger partial charge is 0.416 e. The van der Waals surface area contributed by atoms with Gasteiger partial charge in [-0.1, -0.05) is 18.2 Å². The van der Waals surface area contributed by atoms with E-state index in [0.717, 1.165) is 24.3 Å². The van der Waals surface area contributed by atoms with Crippen LogP contribution < -0.4 is 0 Å². The number of alkyl halides is 3. The van der Waals surface area contributed by atoms with Gasteiger partial charge in [-0.3, -0.25) is 9.59 Å². The summed E-state index contributed by atoms with van der Waals surface area (Å²) in [6.45, 7) is 0.541. The average molecular weight is 412 g/mol. The van der Waals surface area contributed by atoms with Gasteiger partial charge in [-0.15, -0.1) is 0 Å². The Morgan fingerprint density at radius 3 is 1.86 bits per heavy atom. The van der Waals surface area contributed by atoms with Gasteiger partial charge in [0.15, 0.2) is 0 Å². The molecule has 0 radical (unpaired) electrons. The summed E-state index contributed by atoms with van der Waals surface area (Å²) in [6, 6.07) is 7.51. The number of benzene rings is 2. The molecule has 2 aromatic carbocycles. The van der Waals surface area contributed by atoms with E-state index in [1.165, 1.54) is 28.0 Å². The first-order valence-electron chi connectivity index (χ1n) is 8.84. The van der Waals surface area contributed by atoms with E-state index >= 15 is 0 Å². The van der Waals surface area contributed by atoms with Crippen LogP contribution in [-0.2, 0) is 17.4 Å². The molecule has 0 aromatic heterocycles. The lowest BCUT2D eigenvalue weighted by molar-refractivity contribution is -0.137. The number of carbonyl (C=O) groups is 2. The Morgan fingerprint density at radius 2 is 1.34 bits per heavy atom. The Balaban J connectivity index is 1.58. The minimum Gasteiger partial charge on any atom is -0.339 e. The van der Waals surface area contributed by atoms with Gasteiger partial charge in [-0.25, -0.2) is 8.78 Å². The van der Waals surface area contributed by atoms with Crippen molar-refractivity contribution < 1.29 is 31.5 Å². The number of piperazine rings is 1. The highest BCUT2D eigenvalue weighted by Gasteiger charge is 2.31. The summed E-state index contributed by atoms with van der Waals surface area (Å²) in [5.41, 5.74) is -0.979. The van der Waals surface area contributed by atoms with Crippen LogP contribution in [-0.4, -0.2) is 47.8 Å². The van der Waals surface area contributed by atoms with Gasteiger partial charge >= 0.3 is 6.18 Å². The molecule has 29 heavy (non-hydrogen) atoms. The van der Waals surface area contributed by atoms with Crippen molar-refractivity contribution in [1.29, 1.82) is 0 Å². The Bertz CT molecular complexity index is 884. The Labute approximate surface area is 163 Å². The third-order valence-electron chi connectivity index (χ3n) is 4.73. The summed E-state index contributed by atoms with van der Waals surface area (Å²) in [5, 5.41) is 0. The fraction of sp³-hybridized carbons (Fsp3) is 0.300. The second-order valence-corrected chi connectivity index (χ2v) is 6.64. The third kappa shape index (κ3) is 4.72. The third-order valence-corrected chi connectivity index (χ3v) is 4.73. The fourth-order valence-corrected chi connectivity index (χ4v) is 3.12. The second-order valence-electron chi connectivity index (χ2n) is 6.64. The molecule has 0 spiro atoms. The van der Waals surface area contributed by atoms with Crippen molar-refractivity contribution in [1.82, 2.24) is 9.80 Å². The van der Waals surface area contributed by atoms with Crippen molar-refractivity contribution >= 4 is 11.8 Å². The van der Waals surface area contributed by atoms with E-state index in [1.807, 2.05) is 0 Å². The van der Waals surface area contributed by atoms with Gasteiger partial charge in [0.2, 0.25) is 5.91 Å². The van der Waals surface area contributed by atoms with Crippen LogP contribution in [0.4, 0.5) is 22.0 Å². The lowest BCUT2D eigenvalue weighted by atomic mass is 10.1. The normalized spacial score (nSPS) is 14.8. The van der Waals surface area contributed by atoms with Gasteiger partial charge in [0, 0.05) is 26.2 Å². The predicted octanol–water partition coefficient (Wildman–Crippen LogP) is 3.51. The molecule has 0 saturated carbocycles. The van der Waals surface area contributed by atoms with Crippen molar-refractivity contribution in [3.8, 4) is 0 Å². The van der Waals surface area contributed by atoms with Crippen molar-refractivity contribution in [3.05, 3.63) is 70.8 Å². The monoisotopic (exact) mass is 412 g/mol. The average Bonchev–Trinajstić information content (AvgIpc) is 2.67. The van der Waals surface area contributed by atoms with Crippen LogP contribution in [0.3, 0.4) is 0 Å². The van der Waals surface area contributed by atoms with Crippen LogP contribution in [0.15, 0.2) is 42.5 Å². The molecule has 0 unspecified atom stereocenters. The van der Waals surface area contributed by atoms with Crippen molar-refractivity contribution in [2.45, 2.75) is 12.6 Å². The van der Waals surface area contributed by atoms with E-state index in [1.54, 1.807) is 0 Å². The number of rotatable bonds is 3. The van der Waals surface area contributed by atoms with E-state index in [4.69, 9.17) is 0 Å². The van der Waals surface area contributed by atoms with Crippen LogP contribution in [0.2, 0.25) is 0 Å². The molecule has 9 heteroatoms. The van der Waals surface area contributed by atoms with E-state index in [-0.39, 0.29) is 38.5 Å². The Hall–Kier alpha value is -2.97. The molecule has 0 aliphatic carbocycles. The van der Waals surface area contributed by atoms with E-state index < -0.39 is 34.8 Å². The summed E-state index contributed by atoms with van der Waals surface area (Å²) in [4.78, 5) is 27.5. The summed E-state index contributed by atoms with van der Waals surface area (Å²) in [6.07, 6.45) is -4.52. The summed E-state index contributed by atoms with van der Waals surface area (Å²) < 4.78 is 65.3. The van der Waals surface area contributed by atoms with Gasteiger partial charge < -0.3 is 9.80 Å². The number of halogens is 5. The molecular formula is C20H17F5N2O2. The maximum Gasteiger partial charge on any atom is 0.416 e. The minimum absolute atomic E-state index is 0.0754. The first-order valence-corrected chi connectivity index (χ1v) is 8.84. The first kappa shape index (κ1) is 20.8. The molecule has 1 saturated heterocycles. The van der Waals surface area contributed by atoms with Crippen LogP contribution in [0.1, 0.15) is 21.5 Å². The minimum atomic E-state index is -4.44. The lowest BCUT2D eigenvalue weighted by Crippen LogP contribution is -2.51. The molecular weight excluding hydrogens is 395 g/mol. The Morgan fingerprint density at radius 1 is 0.828 bits per heavy atom. The molecule has 0 N–H and O–H groups in total. The standard InChI is InChI=1S/C20H17F5N2O2/c21-15-2-1-3-16(22)18(15)19(29)27-10-8-26(9-11-27)17(28)12-13-4-6-14(7-5-13)20(23,24)25/h1-7H,8-12H2. The number of carbonyl (C=O) groups excluding carboxylic acids is 2. The van der Waals surface area contributed by atoms with Crippen LogP contribution in [0.25, 0.3) is 0 Å². The van der Waals surface area contributed by atoms with Gasteiger partial charge in [-0.2, -0.15) is 13.2 Å². The van der Waals surface area contributed by atoms with Gasteiger partial charge in [-0.05, 0) is 29.8 Å². The second kappa shape index (κ2) is 8.18. The van der Waals surface area contributed by atoms with Crippen molar-refractivity contribution in [2.75, 3.05) is 26.2 Å². The predicted molar refractivity (Wildman–Crippen MR) is 94.0 cm³/mol. The quantitative estimate of drug-likeness (QED) is 0.724. The highest BCUT2D eigenvalue weighted by Crippen LogP contribution is 2.29. The topological polar surface area (TPSA) is 40.6 Å². The van der Waals surface area contributed by atoms with Gasteiger partial charge in [0.1, 0.15) is 17.2 Å². The first-order chi connectivity index (χ1) is 13.7. The van der Waals surface area contributed by atoms with E-state index in [0.29, 0.717) is 5.56 Å². The zero-order valence-corrected chi connectivity index (χ0v) is 15.2. The number of hydrogen-bond acceptors (Lipinski definition) is 2. The van der Waals surface area contributed by atoms with Gasteiger partial charge in [0.25, 0.3) is 5.91 Å². The molecule has 0 atom stereocenters. The zero-order chi connectivity index (χ0) is 21.2. The molecule has 1 aliphatic heterocycles. The summed E-state index contributed by atoms with van der Waals surface area (Å²) in [5.74, 6) is -2.98. The molecule has 154 valence electrons. The van der Waals surface area contributed by atoms with Crippen LogP contribution in [0, 0.1) is 11.6 Å². The maximum atomic E-state index is 13.8. The summed E-state index contributed by atoms with van der Waals surface area (Å²) in [7, 11) is 0. The molecule has 1 fully saturated rings. The highest BCUT2D eigenvalue weighted by molar-refractivity contribution is 5.95. The van der Waals surface area contributed by atoms with Gasteiger partial charge in [0.05, 0.1) is 12.0 Å². The van der Waals surface area contributed by atoms with E-state index in [2.05, 4.69) is 0 Å². The molecule has 1 aliphatic rings. The maximum absolute atomic E-state index is 13.8. The SMILES string of the molecule is O=C(Cc1ccc(C(F)(F)F)cc1)N1CCN(C(=O)c2c(F)cccc2F)CC1. The smallest absolute Gasteiger partial charge is 0.339 e. The molecule has 2 amide bonds. The fourth-order valence-electron chi connectivity index (χ4n) is 3.12. The molecule has 1 heterocycles. The Kier molecular flexibility index (Phi) is 5.86. The molecule has 4 nitrogen and oxygen atoms in total. The molecule has 3 rings (SSSR count). The lowest BCUT2D eigenvalue weighted by Gasteiger charge is -2.35. The molecule has 0 bridgehead atoms. The highest BCUT2D eigenvalue weighted by atomic mass is 19.4. The van der Waals surface area contributed by atoms with Crippen LogP contribution in [0.5, 0.6) is 0 Å². The van der Waals surface area contributed by atoms with Crippen molar-refractivity contribution in [2.24, 2.45) is 0 Å². The number of hydrogen-bond donors (Lipinski definition) is 0. The van der Waals surface area contributed by atoms with Crippen molar-refractivity contribution in [3.63, 3.8) is 0 Å². The van der Waals surface area contributed by atoms with Crippen LogP contribution >= 0.6 is 0 Å². The summed E-state index contributed by atoms with van der Waals surface area (Å²) >= 11 is 0. The zero-order valence-electron chi connectivity index (χ0n) is 15.2. The number of amides is 2. The molecule has 2 aromatic rings. The number of nitrogens with zero attached hydrogens (tertiary/aromatic N) is 2. The van der Waals surface area contributed by atoms with E-state index in [9.17, 15) is 31.5 Å².